The van der Waals surface area contributed by atoms with Crippen molar-refractivity contribution in [1.82, 2.24) is 0 Å². The highest BCUT2D eigenvalue weighted by Gasteiger charge is 2.12. The summed E-state index contributed by atoms with van der Waals surface area (Å²) in [5.74, 6) is 0.251. The van der Waals surface area contributed by atoms with Gasteiger partial charge in [-0.25, -0.2) is 0 Å². The maximum atomic E-state index is 10.0. The van der Waals surface area contributed by atoms with Crippen molar-refractivity contribution in [2.75, 3.05) is 0 Å². The number of aryl methyl sites for hydroxylation is 2. The number of aromatic hydroxyl groups is 1. The predicted molar refractivity (Wildman–Crippen MR) is 87.8 cm³/mol. The molecule has 0 aromatic heterocycles. The highest BCUT2D eigenvalue weighted by molar-refractivity contribution is 5.25. The zero-order valence-electron chi connectivity index (χ0n) is 12.7. The predicted octanol–water partition coefficient (Wildman–Crippen LogP) is 3.07. The van der Waals surface area contributed by atoms with Gasteiger partial charge in [0, 0.05) is 0 Å². The van der Waals surface area contributed by atoms with Gasteiger partial charge < -0.3 is 15.3 Å². The molecular formula is C19H24O3. The lowest BCUT2D eigenvalue weighted by Gasteiger charge is -2.15. The number of hydrogen-bond donors (Lipinski definition) is 3. The van der Waals surface area contributed by atoms with Gasteiger partial charge in [-0.15, -0.1) is 0 Å². The summed E-state index contributed by atoms with van der Waals surface area (Å²) in [5, 5.41) is 29.3. The van der Waals surface area contributed by atoms with E-state index < -0.39 is 12.2 Å². The van der Waals surface area contributed by atoms with E-state index in [1.165, 1.54) is 5.56 Å². The Morgan fingerprint density at radius 3 is 1.73 bits per heavy atom. The average molecular weight is 300 g/mol. The van der Waals surface area contributed by atoms with Crippen LogP contribution in [0.4, 0.5) is 0 Å². The molecule has 2 aromatic carbocycles. The summed E-state index contributed by atoms with van der Waals surface area (Å²) in [4.78, 5) is 0. The van der Waals surface area contributed by atoms with Crippen LogP contribution in [0.3, 0.4) is 0 Å². The summed E-state index contributed by atoms with van der Waals surface area (Å²) >= 11 is 0. The van der Waals surface area contributed by atoms with E-state index in [-0.39, 0.29) is 5.75 Å². The van der Waals surface area contributed by atoms with Crippen molar-refractivity contribution < 1.29 is 15.3 Å². The number of hydrogen-bond acceptors (Lipinski definition) is 3. The number of phenolic OH excluding ortho intramolecular Hbond substituents is 1. The molecule has 118 valence electrons. The van der Waals surface area contributed by atoms with Crippen LogP contribution < -0.4 is 0 Å². The van der Waals surface area contributed by atoms with E-state index in [4.69, 9.17) is 0 Å². The Bertz CT molecular complexity index is 536. The van der Waals surface area contributed by atoms with Gasteiger partial charge in [-0.2, -0.15) is 0 Å². The number of phenols is 1. The Kier molecular flexibility index (Phi) is 6.44. The van der Waals surface area contributed by atoms with Crippen molar-refractivity contribution in [2.45, 2.75) is 44.3 Å². The Balaban J connectivity index is 1.67. The second kappa shape index (κ2) is 8.57. The zero-order valence-corrected chi connectivity index (χ0v) is 12.7. The molecule has 0 bridgehead atoms. The molecule has 0 saturated heterocycles. The highest BCUT2D eigenvalue weighted by atomic mass is 16.3. The van der Waals surface area contributed by atoms with Gasteiger partial charge >= 0.3 is 0 Å². The molecule has 3 heteroatoms. The van der Waals surface area contributed by atoms with Crippen molar-refractivity contribution >= 4 is 0 Å². The number of aliphatic hydroxyl groups excluding tert-OH is 2. The van der Waals surface area contributed by atoms with E-state index in [0.29, 0.717) is 19.3 Å². The molecule has 2 rings (SSSR count). The highest BCUT2D eigenvalue weighted by Crippen LogP contribution is 2.15. The molecule has 0 spiro atoms. The first kappa shape index (κ1) is 16.5. The van der Waals surface area contributed by atoms with E-state index in [1.54, 1.807) is 12.1 Å². The van der Waals surface area contributed by atoms with E-state index in [2.05, 4.69) is 0 Å². The van der Waals surface area contributed by atoms with Gasteiger partial charge in [-0.1, -0.05) is 42.5 Å². The molecule has 3 N–H and O–H groups in total. The average Bonchev–Trinajstić information content (AvgIpc) is 2.53. The lowest BCUT2D eigenvalue weighted by molar-refractivity contribution is 0.0714. The molecule has 0 amide bonds. The quantitative estimate of drug-likeness (QED) is 0.702. The molecule has 22 heavy (non-hydrogen) atoms. The summed E-state index contributed by atoms with van der Waals surface area (Å²) in [5.41, 5.74) is 2.29. The third kappa shape index (κ3) is 5.88. The van der Waals surface area contributed by atoms with Gasteiger partial charge in [0.2, 0.25) is 0 Å². The lowest BCUT2D eigenvalue weighted by atomic mass is 9.99. The molecule has 0 aliphatic carbocycles. The van der Waals surface area contributed by atoms with Crippen LogP contribution in [0.15, 0.2) is 54.6 Å². The molecule has 0 unspecified atom stereocenters. The fraction of sp³-hybridized carbons (Fsp3) is 0.368. The van der Waals surface area contributed by atoms with Crippen LogP contribution in [0, 0.1) is 0 Å². The SMILES string of the molecule is Oc1ccc(CC[C@H](O)C[C@@H](O)CCc2ccccc2)cc1. The topological polar surface area (TPSA) is 60.7 Å². The van der Waals surface area contributed by atoms with Crippen LogP contribution >= 0.6 is 0 Å². The van der Waals surface area contributed by atoms with Crippen molar-refractivity contribution in [3.8, 4) is 5.75 Å². The first-order chi connectivity index (χ1) is 10.6. The second-order valence-corrected chi connectivity index (χ2v) is 5.77. The van der Waals surface area contributed by atoms with Gasteiger partial charge in [0.15, 0.2) is 0 Å². The standard InChI is InChI=1S/C19H24O3/c20-17-10-6-16(7-11-17)9-13-19(22)14-18(21)12-8-15-4-2-1-3-5-15/h1-7,10-11,18-22H,8-9,12-14H2/t18-,19-/m0/s1. The van der Waals surface area contributed by atoms with Gasteiger partial charge in [-0.05, 0) is 55.4 Å². The van der Waals surface area contributed by atoms with Gasteiger partial charge in [-0.3, -0.25) is 0 Å². The number of benzene rings is 2. The molecule has 2 atom stereocenters. The molecule has 0 fully saturated rings. The van der Waals surface area contributed by atoms with Gasteiger partial charge in [0.25, 0.3) is 0 Å². The summed E-state index contributed by atoms with van der Waals surface area (Å²) in [6.07, 6.45) is 2.28. The first-order valence-corrected chi connectivity index (χ1v) is 7.81. The maximum absolute atomic E-state index is 10.0. The molecular weight excluding hydrogens is 276 g/mol. The van der Waals surface area contributed by atoms with Crippen molar-refractivity contribution in [3.63, 3.8) is 0 Å². The number of aliphatic hydroxyl groups is 2. The third-order valence-electron chi connectivity index (χ3n) is 3.86. The molecule has 0 radical (unpaired) electrons. The minimum Gasteiger partial charge on any atom is -0.508 e. The van der Waals surface area contributed by atoms with E-state index in [9.17, 15) is 15.3 Å². The minimum absolute atomic E-state index is 0.251. The van der Waals surface area contributed by atoms with Crippen LogP contribution in [-0.4, -0.2) is 27.5 Å². The smallest absolute Gasteiger partial charge is 0.115 e. The molecule has 2 aromatic rings. The van der Waals surface area contributed by atoms with Crippen LogP contribution in [0.5, 0.6) is 5.75 Å². The summed E-state index contributed by atoms with van der Waals surface area (Å²) in [7, 11) is 0. The minimum atomic E-state index is -0.500. The van der Waals surface area contributed by atoms with E-state index in [0.717, 1.165) is 18.4 Å². The molecule has 0 aliphatic heterocycles. The Hall–Kier alpha value is -1.84. The van der Waals surface area contributed by atoms with Crippen LogP contribution in [0.1, 0.15) is 30.4 Å². The Labute approximate surface area is 131 Å². The molecule has 0 saturated carbocycles. The molecule has 0 aliphatic rings. The first-order valence-electron chi connectivity index (χ1n) is 7.81. The molecule has 0 heterocycles. The Morgan fingerprint density at radius 1 is 0.682 bits per heavy atom. The molecule has 3 nitrogen and oxygen atoms in total. The largest absolute Gasteiger partial charge is 0.508 e. The van der Waals surface area contributed by atoms with Crippen LogP contribution in [0.2, 0.25) is 0 Å². The number of rotatable bonds is 8. The monoisotopic (exact) mass is 300 g/mol. The van der Waals surface area contributed by atoms with Crippen molar-refractivity contribution in [1.29, 1.82) is 0 Å². The third-order valence-corrected chi connectivity index (χ3v) is 3.86. The van der Waals surface area contributed by atoms with Crippen LogP contribution in [-0.2, 0) is 12.8 Å². The van der Waals surface area contributed by atoms with Crippen molar-refractivity contribution in [2.24, 2.45) is 0 Å². The van der Waals surface area contributed by atoms with Gasteiger partial charge in [0.1, 0.15) is 5.75 Å². The fourth-order valence-corrected chi connectivity index (χ4v) is 2.52. The normalized spacial score (nSPS) is 13.7. The van der Waals surface area contributed by atoms with Gasteiger partial charge in [0.05, 0.1) is 12.2 Å². The Morgan fingerprint density at radius 2 is 1.18 bits per heavy atom. The second-order valence-electron chi connectivity index (χ2n) is 5.77. The zero-order chi connectivity index (χ0) is 15.8. The summed E-state index contributed by atoms with van der Waals surface area (Å²) < 4.78 is 0. The van der Waals surface area contributed by atoms with Crippen molar-refractivity contribution in [3.05, 3.63) is 65.7 Å². The van der Waals surface area contributed by atoms with E-state index >= 15 is 0 Å². The maximum Gasteiger partial charge on any atom is 0.115 e. The lowest BCUT2D eigenvalue weighted by Crippen LogP contribution is -2.19. The van der Waals surface area contributed by atoms with Crippen LogP contribution in [0.25, 0.3) is 0 Å². The summed E-state index contributed by atoms with van der Waals surface area (Å²) in [6, 6.07) is 17.1. The summed E-state index contributed by atoms with van der Waals surface area (Å²) in [6.45, 7) is 0. The fourth-order valence-electron chi connectivity index (χ4n) is 2.52. The van der Waals surface area contributed by atoms with E-state index in [1.807, 2.05) is 42.5 Å².